The first-order chi connectivity index (χ1) is 7.29. The van der Waals surface area contributed by atoms with Crippen molar-refractivity contribution in [2.24, 2.45) is 0 Å². The van der Waals surface area contributed by atoms with Crippen LogP contribution in [-0.2, 0) is 11.2 Å². The molecule has 0 atom stereocenters. The van der Waals surface area contributed by atoms with Crippen LogP contribution in [0.2, 0.25) is 0 Å². The van der Waals surface area contributed by atoms with Crippen molar-refractivity contribution in [3.8, 4) is 11.8 Å². The lowest BCUT2D eigenvalue weighted by Gasteiger charge is -2.04. The number of hydrogen-bond acceptors (Lipinski definition) is 3. The molecule has 1 aliphatic rings. The number of amides is 1. The van der Waals surface area contributed by atoms with Crippen molar-refractivity contribution in [3.05, 3.63) is 23.8 Å². The van der Waals surface area contributed by atoms with Gasteiger partial charge in [0.25, 0.3) is 0 Å². The fraction of sp³-hybridized carbons (Fsp3) is 0.273. The first-order valence-corrected chi connectivity index (χ1v) is 4.72. The van der Waals surface area contributed by atoms with Crippen LogP contribution in [0.15, 0.2) is 18.2 Å². The zero-order chi connectivity index (χ0) is 10.7. The second-order valence-corrected chi connectivity index (χ2v) is 3.30. The van der Waals surface area contributed by atoms with Crippen molar-refractivity contribution >= 4 is 11.6 Å². The third kappa shape index (κ3) is 2.08. The van der Waals surface area contributed by atoms with E-state index in [0.29, 0.717) is 6.61 Å². The number of nitrogens with one attached hydrogen (secondary N) is 1. The quantitative estimate of drug-likeness (QED) is 0.789. The Morgan fingerprint density at radius 3 is 3.27 bits per heavy atom. The SMILES string of the molecule is N#CCC(=O)Nc1ccc2c(c1)CCO2. The van der Waals surface area contributed by atoms with E-state index in [4.69, 9.17) is 10.00 Å². The topological polar surface area (TPSA) is 62.1 Å². The second-order valence-electron chi connectivity index (χ2n) is 3.30. The molecule has 1 N–H and O–H groups in total. The van der Waals surface area contributed by atoms with E-state index in [1.807, 2.05) is 12.1 Å². The summed E-state index contributed by atoms with van der Waals surface area (Å²) >= 11 is 0. The number of nitrogens with zero attached hydrogens (tertiary/aromatic N) is 1. The predicted octanol–water partition coefficient (Wildman–Crippen LogP) is 1.47. The third-order valence-corrected chi connectivity index (χ3v) is 2.21. The van der Waals surface area contributed by atoms with Gasteiger partial charge < -0.3 is 10.1 Å². The highest BCUT2D eigenvalue weighted by molar-refractivity contribution is 5.92. The molecule has 1 aromatic carbocycles. The highest BCUT2D eigenvalue weighted by Crippen LogP contribution is 2.27. The van der Waals surface area contributed by atoms with Gasteiger partial charge in [-0.3, -0.25) is 4.79 Å². The first-order valence-electron chi connectivity index (χ1n) is 4.72. The molecule has 0 aliphatic carbocycles. The molecule has 0 unspecified atom stereocenters. The Kier molecular flexibility index (Phi) is 2.55. The van der Waals surface area contributed by atoms with Crippen molar-refractivity contribution < 1.29 is 9.53 Å². The standard InChI is InChI=1S/C11H10N2O2/c12-5-3-11(14)13-9-1-2-10-8(7-9)4-6-15-10/h1-2,7H,3-4,6H2,(H,13,14). The first kappa shape index (κ1) is 9.53. The molecule has 1 amide bonds. The number of hydrogen-bond donors (Lipinski definition) is 1. The number of benzene rings is 1. The number of nitriles is 1. The number of ether oxygens (including phenoxy) is 1. The molecule has 4 nitrogen and oxygen atoms in total. The predicted molar refractivity (Wildman–Crippen MR) is 54.5 cm³/mol. The minimum absolute atomic E-state index is 0.117. The number of anilines is 1. The molecular formula is C11H10N2O2. The van der Waals surface area contributed by atoms with Crippen molar-refractivity contribution in [1.82, 2.24) is 0 Å². The normalized spacial score (nSPS) is 12.5. The maximum Gasteiger partial charge on any atom is 0.238 e. The van der Waals surface area contributed by atoms with Crippen molar-refractivity contribution in [1.29, 1.82) is 5.26 Å². The van der Waals surface area contributed by atoms with E-state index in [1.165, 1.54) is 0 Å². The van der Waals surface area contributed by atoms with Gasteiger partial charge in [-0.15, -0.1) is 0 Å². The van der Waals surface area contributed by atoms with Crippen molar-refractivity contribution in [2.75, 3.05) is 11.9 Å². The summed E-state index contributed by atoms with van der Waals surface area (Å²) in [6, 6.07) is 7.30. The molecule has 1 heterocycles. The minimum Gasteiger partial charge on any atom is -0.493 e. The summed E-state index contributed by atoms with van der Waals surface area (Å²) < 4.78 is 5.34. The van der Waals surface area contributed by atoms with Crippen LogP contribution < -0.4 is 10.1 Å². The maximum atomic E-state index is 11.1. The van der Waals surface area contributed by atoms with E-state index >= 15 is 0 Å². The van der Waals surface area contributed by atoms with Crippen LogP contribution in [-0.4, -0.2) is 12.5 Å². The molecule has 15 heavy (non-hydrogen) atoms. The Bertz CT molecular complexity index is 435. The molecule has 76 valence electrons. The van der Waals surface area contributed by atoms with Gasteiger partial charge in [-0.05, 0) is 23.8 Å². The van der Waals surface area contributed by atoms with Crippen LogP contribution in [0, 0.1) is 11.3 Å². The monoisotopic (exact) mass is 202 g/mol. The lowest BCUT2D eigenvalue weighted by molar-refractivity contribution is -0.115. The summed E-state index contributed by atoms with van der Waals surface area (Å²) in [6.07, 6.45) is 0.755. The number of carbonyl (C=O) groups excluding carboxylic acids is 1. The third-order valence-electron chi connectivity index (χ3n) is 2.21. The lowest BCUT2D eigenvalue weighted by atomic mass is 10.1. The number of rotatable bonds is 2. The van der Waals surface area contributed by atoms with Crippen LogP contribution in [0.3, 0.4) is 0 Å². The van der Waals surface area contributed by atoms with Crippen LogP contribution in [0.5, 0.6) is 5.75 Å². The Balaban J connectivity index is 2.11. The summed E-state index contributed by atoms with van der Waals surface area (Å²) in [4.78, 5) is 11.1. The van der Waals surface area contributed by atoms with E-state index < -0.39 is 0 Å². The Morgan fingerprint density at radius 1 is 1.60 bits per heavy atom. The zero-order valence-electron chi connectivity index (χ0n) is 8.12. The van der Waals surface area contributed by atoms with E-state index in [9.17, 15) is 4.79 Å². The molecule has 0 saturated carbocycles. The molecule has 0 saturated heterocycles. The molecule has 2 rings (SSSR count). The van der Waals surface area contributed by atoms with Gasteiger partial charge in [-0.25, -0.2) is 0 Å². The average molecular weight is 202 g/mol. The molecule has 0 spiro atoms. The highest BCUT2D eigenvalue weighted by atomic mass is 16.5. The molecular weight excluding hydrogens is 192 g/mol. The molecule has 0 bridgehead atoms. The Hall–Kier alpha value is -2.02. The highest BCUT2D eigenvalue weighted by Gasteiger charge is 2.12. The second kappa shape index (κ2) is 4.01. The van der Waals surface area contributed by atoms with Gasteiger partial charge in [0.1, 0.15) is 12.2 Å². The molecule has 1 aromatic rings. The number of carbonyl (C=O) groups is 1. The summed E-state index contributed by atoms with van der Waals surface area (Å²) in [6.45, 7) is 0.699. The van der Waals surface area contributed by atoms with E-state index in [-0.39, 0.29) is 12.3 Å². The molecule has 0 radical (unpaired) electrons. The largest absolute Gasteiger partial charge is 0.493 e. The fourth-order valence-corrected chi connectivity index (χ4v) is 1.54. The molecule has 1 aliphatic heterocycles. The summed E-state index contributed by atoms with van der Waals surface area (Å²) in [7, 11) is 0. The van der Waals surface area contributed by atoms with Gasteiger partial charge in [0, 0.05) is 12.1 Å². The van der Waals surface area contributed by atoms with Gasteiger partial charge in [0.15, 0.2) is 0 Å². The molecule has 4 heteroatoms. The van der Waals surface area contributed by atoms with Gasteiger partial charge in [0.05, 0.1) is 12.7 Å². The Labute approximate surface area is 87.5 Å². The molecule has 0 fully saturated rings. The number of fused-ring (bicyclic) bond motifs is 1. The van der Waals surface area contributed by atoms with Crippen LogP contribution in [0.1, 0.15) is 12.0 Å². The van der Waals surface area contributed by atoms with E-state index in [2.05, 4.69) is 5.32 Å². The smallest absolute Gasteiger partial charge is 0.238 e. The van der Waals surface area contributed by atoms with E-state index in [1.54, 1.807) is 12.1 Å². The zero-order valence-corrected chi connectivity index (χ0v) is 8.12. The fourth-order valence-electron chi connectivity index (χ4n) is 1.54. The van der Waals surface area contributed by atoms with Crippen molar-refractivity contribution in [2.45, 2.75) is 12.8 Å². The van der Waals surface area contributed by atoms with Gasteiger partial charge >= 0.3 is 0 Å². The average Bonchev–Trinajstić information content (AvgIpc) is 2.65. The summed E-state index contributed by atoms with van der Waals surface area (Å²) in [5, 5.41) is 11.0. The lowest BCUT2D eigenvalue weighted by Crippen LogP contribution is -2.10. The van der Waals surface area contributed by atoms with Crippen LogP contribution >= 0.6 is 0 Å². The van der Waals surface area contributed by atoms with Crippen molar-refractivity contribution in [3.63, 3.8) is 0 Å². The Morgan fingerprint density at radius 2 is 2.47 bits per heavy atom. The van der Waals surface area contributed by atoms with Gasteiger partial charge in [-0.2, -0.15) is 5.26 Å². The summed E-state index contributed by atoms with van der Waals surface area (Å²) in [5.74, 6) is 0.602. The van der Waals surface area contributed by atoms with Crippen LogP contribution in [0.25, 0.3) is 0 Å². The van der Waals surface area contributed by atoms with Crippen LogP contribution in [0.4, 0.5) is 5.69 Å². The van der Waals surface area contributed by atoms with E-state index in [0.717, 1.165) is 23.4 Å². The molecule has 0 aromatic heterocycles. The van der Waals surface area contributed by atoms with Gasteiger partial charge in [-0.1, -0.05) is 0 Å². The maximum absolute atomic E-state index is 11.1. The summed E-state index contributed by atoms with van der Waals surface area (Å²) in [5.41, 5.74) is 1.82. The minimum atomic E-state index is -0.281. The van der Waals surface area contributed by atoms with Gasteiger partial charge in [0.2, 0.25) is 5.91 Å².